The average molecular weight is 419 g/mol. The normalized spacial score (nSPS) is 22.6. The number of anilines is 1. The number of hydrogen-bond acceptors (Lipinski definition) is 6. The lowest BCUT2D eigenvalue weighted by atomic mass is 10.1. The molecule has 8 nitrogen and oxygen atoms in total. The van der Waals surface area contributed by atoms with Crippen LogP contribution in [0, 0.1) is 6.92 Å². The number of fused-ring (bicyclic) bond motifs is 3. The Morgan fingerprint density at radius 2 is 1.81 bits per heavy atom. The average Bonchev–Trinajstić information content (AvgIpc) is 3.36. The first-order valence-corrected chi connectivity index (χ1v) is 10.4. The lowest BCUT2D eigenvalue weighted by Gasteiger charge is -2.40. The number of amides is 3. The summed E-state index contributed by atoms with van der Waals surface area (Å²) in [6.45, 7) is 3.67. The predicted octanol–water partition coefficient (Wildman–Crippen LogP) is 2.28. The molecule has 5 rings (SSSR count). The van der Waals surface area contributed by atoms with E-state index in [1.54, 1.807) is 19.1 Å². The first-order valence-electron chi connectivity index (χ1n) is 10.4. The molecule has 160 valence electrons. The highest BCUT2D eigenvalue weighted by Gasteiger charge is 2.54. The number of urea groups is 1. The molecule has 3 aliphatic rings. The molecule has 2 aromatic carbocycles. The second kappa shape index (κ2) is 7.30. The molecule has 0 saturated carbocycles. The number of nitrogens with zero attached hydrogens (tertiary/aromatic N) is 5. The number of rotatable bonds is 4. The second-order valence-corrected chi connectivity index (χ2v) is 8.07. The third-order valence-electron chi connectivity index (χ3n) is 6.35. The molecular weight excluding hydrogens is 394 g/mol. The molecule has 2 aromatic rings. The van der Waals surface area contributed by atoms with Crippen molar-refractivity contribution < 1.29 is 14.3 Å². The number of carbonyl (C=O) groups is 2. The minimum Gasteiger partial charge on any atom is -0.497 e. The van der Waals surface area contributed by atoms with E-state index in [0.717, 1.165) is 35.1 Å². The molecule has 2 saturated heterocycles. The smallest absolute Gasteiger partial charge is 0.328 e. The van der Waals surface area contributed by atoms with Gasteiger partial charge in [0.25, 0.3) is 5.91 Å². The van der Waals surface area contributed by atoms with Crippen molar-refractivity contribution in [3.63, 3.8) is 0 Å². The molecule has 0 radical (unpaired) electrons. The highest BCUT2D eigenvalue weighted by Crippen LogP contribution is 2.34. The second-order valence-electron chi connectivity index (χ2n) is 8.07. The molecule has 0 N–H and O–H groups in total. The molecule has 3 heterocycles. The predicted molar refractivity (Wildman–Crippen MR) is 117 cm³/mol. The summed E-state index contributed by atoms with van der Waals surface area (Å²) in [5.41, 5.74) is 3.01. The number of guanidine groups is 1. The fraction of sp³-hybridized carbons (Fsp3) is 0.348. The maximum atomic E-state index is 13.5. The van der Waals surface area contributed by atoms with Gasteiger partial charge in [0, 0.05) is 25.8 Å². The zero-order valence-corrected chi connectivity index (χ0v) is 17.9. The van der Waals surface area contributed by atoms with Crippen molar-refractivity contribution in [1.29, 1.82) is 0 Å². The molecule has 3 aliphatic heterocycles. The van der Waals surface area contributed by atoms with Crippen LogP contribution in [0.3, 0.4) is 0 Å². The zero-order chi connectivity index (χ0) is 21.7. The third kappa shape index (κ3) is 3.01. The Bertz CT molecular complexity index is 1070. The van der Waals surface area contributed by atoms with Crippen LogP contribution >= 0.6 is 0 Å². The Morgan fingerprint density at radius 3 is 2.52 bits per heavy atom. The van der Waals surface area contributed by atoms with Crippen molar-refractivity contribution in [2.24, 2.45) is 4.99 Å². The quantitative estimate of drug-likeness (QED) is 0.761. The Balaban J connectivity index is 1.43. The summed E-state index contributed by atoms with van der Waals surface area (Å²) in [5, 5.41) is 0. The topological polar surface area (TPSA) is 68.7 Å². The van der Waals surface area contributed by atoms with Gasteiger partial charge in [-0.3, -0.25) is 9.69 Å². The summed E-state index contributed by atoms with van der Waals surface area (Å²) in [4.78, 5) is 38.4. The summed E-state index contributed by atoms with van der Waals surface area (Å²) in [6.07, 6.45) is -0.510. The summed E-state index contributed by atoms with van der Waals surface area (Å²) in [7, 11) is 3.36. The molecule has 3 amide bonds. The van der Waals surface area contributed by atoms with Crippen LogP contribution in [0.1, 0.15) is 11.1 Å². The van der Waals surface area contributed by atoms with E-state index in [4.69, 9.17) is 9.73 Å². The number of hydrogen-bond donors (Lipinski definition) is 0. The van der Waals surface area contributed by atoms with Gasteiger partial charge >= 0.3 is 6.03 Å². The van der Waals surface area contributed by atoms with Gasteiger partial charge in [-0.15, -0.1) is 0 Å². The lowest BCUT2D eigenvalue weighted by molar-refractivity contribution is -0.137. The molecule has 2 atom stereocenters. The molecule has 0 aromatic heterocycles. The molecule has 2 unspecified atom stereocenters. The van der Waals surface area contributed by atoms with Gasteiger partial charge in [-0.2, -0.15) is 0 Å². The highest BCUT2D eigenvalue weighted by molar-refractivity contribution is 6.08. The van der Waals surface area contributed by atoms with E-state index in [1.807, 2.05) is 60.4 Å². The number of imide groups is 1. The van der Waals surface area contributed by atoms with E-state index in [-0.39, 0.29) is 18.5 Å². The maximum Gasteiger partial charge on any atom is 0.328 e. The Hall–Kier alpha value is -3.55. The van der Waals surface area contributed by atoms with Crippen LogP contribution in [0.2, 0.25) is 0 Å². The number of methoxy groups -OCH3 is 1. The van der Waals surface area contributed by atoms with Crippen LogP contribution in [-0.2, 0) is 11.3 Å². The number of carbonyl (C=O) groups excluding carboxylic acids is 2. The molecule has 2 fully saturated rings. The van der Waals surface area contributed by atoms with E-state index < -0.39 is 12.2 Å². The summed E-state index contributed by atoms with van der Waals surface area (Å²) in [6, 6.07) is 14.8. The Kier molecular flexibility index (Phi) is 4.57. The van der Waals surface area contributed by atoms with Crippen molar-refractivity contribution >= 4 is 23.6 Å². The van der Waals surface area contributed by atoms with Crippen LogP contribution in [0.25, 0.3) is 0 Å². The fourth-order valence-corrected chi connectivity index (χ4v) is 4.55. The first kappa shape index (κ1) is 19.4. The highest BCUT2D eigenvalue weighted by atomic mass is 16.5. The number of aliphatic imine (C=N–C) groups is 1. The lowest BCUT2D eigenvalue weighted by Crippen LogP contribution is -2.64. The Morgan fingerprint density at radius 1 is 1.06 bits per heavy atom. The maximum absolute atomic E-state index is 13.5. The molecule has 8 heteroatoms. The van der Waals surface area contributed by atoms with Gasteiger partial charge in [0.1, 0.15) is 5.75 Å². The number of ether oxygens (including phenoxy) is 1. The van der Waals surface area contributed by atoms with Crippen LogP contribution in [0.5, 0.6) is 5.75 Å². The van der Waals surface area contributed by atoms with Crippen molar-refractivity contribution in [2.45, 2.75) is 25.7 Å². The summed E-state index contributed by atoms with van der Waals surface area (Å²) in [5.74, 6) is 1.34. The number of benzene rings is 2. The van der Waals surface area contributed by atoms with Crippen LogP contribution < -0.4 is 9.64 Å². The number of likely N-dealkylation sites (N-methyl/N-ethyl adjacent to an activating group) is 1. The summed E-state index contributed by atoms with van der Waals surface area (Å²) >= 11 is 0. The molecule has 0 spiro atoms. The Labute approximate surface area is 181 Å². The van der Waals surface area contributed by atoms with E-state index in [0.29, 0.717) is 6.54 Å². The third-order valence-corrected chi connectivity index (χ3v) is 6.35. The van der Waals surface area contributed by atoms with Gasteiger partial charge in [0.15, 0.2) is 12.2 Å². The minimum atomic E-state index is -0.510. The van der Waals surface area contributed by atoms with Gasteiger partial charge in [0.2, 0.25) is 5.96 Å². The van der Waals surface area contributed by atoms with Crippen molar-refractivity contribution in [1.82, 2.24) is 14.7 Å². The molecule has 0 bridgehead atoms. The number of aryl methyl sites for hydroxylation is 1. The fourth-order valence-electron chi connectivity index (χ4n) is 4.55. The van der Waals surface area contributed by atoms with Crippen LogP contribution in [0.4, 0.5) is 10.5 Å². The zero-order valence-electron chi connectivity index (χ0n) is 17.9. The van der Waals surface area contributed by atoms with Gasteiger partial charge in [0.05, 0.1) is 13.7 Å². The van der Waals surface area contributed by atoms with Gasteiger partial charge in [-0.05, 0) is 42.3 Å². The van der Waals surface area contributed by atoms with Crippen molar-refractivity contribution in [2.75, 3.05) is 32.1 Å². The van der Waals surface area contributed by atoms with Crippen molar-refractivity contribution in [3.05, 3.63) is 59.7 Å². The largest absolute Gasteiger partial charge is 0.497 e. The molecular formula is C23H25N5O3. The van der Waals surface area contributed by atoms with E-state index >= 15 is 0 Å². The van der Waals surface area contributed by atoms with E-state index in [1.165, 1.54) is 4.90 Å². The minimum absolute atomic E-state index is 0.188. The monoisotopic (exact) mass is 419 g/mol. The first-order chi connectivity index (χ1) is 15.0. The standard InChI is InChI=1S/C23H25N5O3/c1-15-6-4-5-7-16(15)14-28-21(29)19-20(25(2)23(28)30)24-22-26(12-13-27(19)22)17-8-10-18(31-3)11-9-17/h4-11,19-20H,12-14H2,1-3H3. The van der Waals surface area contributed by atoms with Crippen LogP contribution in [-0.4, -0.2) is 72.1 Å². The van der Waals surface area contributed by atoms with Gasteiger partial charge < -0.3 is 19.4 Å². The molecule has 31 heavy (non-hydrogen) atoms. The van der Waals surface area contributed by atoms with E-state index in [2.05, 4.69) is 4.90 Å². The van der Waals surface area contributed by atoms with Crippen molar-refractivity contribution in [3.8, 4) is 5.75 Å². The SMILES string of the molecule is COc1ccc(N2CCN3C2=NC2C3C(=O)N(Cc3ccccc3C)C(=O)N2C)cc1. The van der Waals surface area contributed by atoms with Crippen LogP contribution in [0.15, 0.2) is 53.5 Å². The molecule has 0 aliphatic carbocycles. The van der Waals surface area contributed by atoms with Gasteiger partial charge in [-0.25, -0.2) is 9.79 Å². The summed E-state index contributed by atoms with van der Waals surface area (Å²) < 4.78 is 5.25. The van der Waals surface area contributed by atoms with E-state index in [9.17, 15) is 9.59 Å². The van der Waals surface area contributed by atoms with Gasteiger partial charge in [-0.1, -0.05) is 24.3 Å².